The molecule has 1 aliphatic carbocycles. The molecule has 4 aromatic rings. The standard InChI is InChI=1S/C31H29FN4O5/c1-38-27-12-23-25(34-18-35-30(23)41-26-9-5-8-24(33)29(26)32)13-28(27)39-17-20-10-21-14-36(15-22(21)11-20)31(37)40-16-19-6-3-2-4-7-19/h2-10,12-13,18,20,22H,11,14-17,33H2,1H3. The van der Waals surface area contributed by atoms with E-state index in [2.05, 4.69) is 16.0 Å². The van der Waals surface area contributed by atoms with Gasteiger partial charge in [-0.05, 0) is 35.8 Å². The number of hydrogen-bond acceptors (Lipinski definition) is 8. The van der Waals surface area contributed by atoms with Gasteiger partial charge in [0.15, 0.2) is 23.1 Å². The van der Waals surface area contributed by atoms with Crippen molar-refractivity contribution >= 4 is 22.7 Å². The predicted octanol–water partition coefficient (Wildman–Crippen LogP) is 5.75. The van der Waals surface area contributed by atoms with Crippen molar-refractivity contribution in [3.8, 4) is 23.1 Å². The summed E-state index contributed by atoms with van der Waals surface area (Å²) in [6, 6.07) is 17.7. The summed E-state index contributed by atoms with van der Waals surface area (Å²) in [6.07, 6.45) is 4.15. The highest BCUT2D eigenvalue weighted by Gasteiger charge is 2.37. The molecule has 1 aliphatic heterocycles. The number of carbonyl (C=O) groups excluding carboxylic acids is 1. The summed E-state index contributed by atoms with van der Waals surface area (Å²) in [6.45, 7) is 1.92. The molecule has 0 radical (unpaired) electrons. The predicted molar refractivity (Wildman–Crippen MR) is 150 cm³/mol. The molecule has 41 heavy (non-hydrogen) atoms. The molecule has 3 aromatic carbocycles. The highest BCUT2D eigenvalue weighted by molar-refractivity contribution is 5.87. The number of likely N-dealkylation sites (tertiary alicyclic amines) is 1. The van der Waals surface area contributed by atoms with Gasteiger partial charge in [-0.15, -0.1) is 0 Å². The summed E-state index contributed by atoms with van der Waals surface area (Å²) in [7, 11) is 1.54. The van der Waals surface area contributed by atoms with Gasteiger partial charge in [-0.2, -0.15) is 0 Å². The van der Waals surface area contributed by atoms with Crippen molar-refractivity contribution < 1.29 is 28.1 Å². The summed E-state index contributed by atoms with van der Waals surface area (Å²) >= 11 is 0. The maximum atomic E-state index is 14.4. The van der Waals surface area contributed by atoms with Gasteiger partial charge < -0.3 is 29.6 Å². The van der Waals surface area contributed by atoms with Gasteiger partial charge in [0.2, 0.25) is 5.88 Å². The molecule has 2 heterocycles. The lowest BCUT2D eigenvalue weighted by Gasteiger charge is -2.18. The number of fused-ring (bicyclic) bond motifs is 2. The summed E-state index contributed by atoms with van der Waals surface area (Å²) in [5, 5.41) is 0.537. The number of nitrogens with two attached hydrogens (primary N) is 1. The van der Waals surface area contributed by atoms with Crippen LogP contribution in [0.5, 0.6) is 23.1 Å². The van der Waals surface area contributed by atoms with Crippen LogP contribution in [-0.2, 0) is 11.3 Å². The molecular weight excluding hydrogens is 527 g/mol. The second-order valence-electron chi connectivity index (χ2n) is 10.1. The van der Waals surface area contributed by atoms with E-state index in [9.17, 15) is 9.18 Å². The van der Waals surface area contributed by atoms with Gasteiger partial charge in [-0.3, -0.25) is 0 Å². The van der Waals surface area contributed by atoms with E-state index in [0.29, 0.717) is 48.0 Å². The summed E-state index contributed by atoms with van der Waals surface area (Å²) in [5.74, 6) is 0.982. The van der Waals surface area contributed by atoms with E-state index >= 15 is 0 Å². The van der Waals surface area contributed by atoms with Crippen LogP contribution in [0, 0.1) is 17.7 Å². The first-order valence-electron chi connectivity index (χ1n) is 13.3. The molecule has 9 nitrogen and oxygen atoms in total. The van der Waals surface area contributed by atoms with Crippen molar-refractivity contribution in [2.75, 3.05) is 32.5 Å². The van der Waals surface area contributed by atoms with E-state index in [0.717, 1.165) is 12.0 Å². The Kier molecular flexibility index (Phi) is 7.28. The maximum Gasteiger partial charge on any atom is 0.410 e. The van der Waals surface area contributed by atoms with E-state index in [1.54, 1.807) is 30.2 Å². The summed E-state index contributed by atoms with van der Waals surface area (Å²) in [5.41, 5.74) is 8.41. The lowest BCUT2D eigenvalue weighted by molar-refractivity contribution is 0.102. The normalized spacial score (nSPS) is 17.7. The molecule has 0 bridgehead atoms. The van der Waals surface area contributed by atoms with Gasteiger partial charge in [0.25, 0.3) is 0 Å². The van der Waals surface area contributed by atoms with Gasteiger partial charge in [0.1, 0.15) is 12.9 Å². The van der Waals surface area contributed by atoms with Gasteiger partial charge in [-0.25, -0.2) is 19.2 Å². The Morgan fingerprint density at radius 2 is 1.93 bits per heavy atom. The largest absolute Gasteiger partial charge is 0.493 e. The second-order valence-corrected chi connectivity index (χ2v) is 10.1. The zero-order valence-corrected chi connectivity index (χ0v) is 22.5. The first-order chi connectivity index (χ1) is 20.0. The second kappa shape index (κ2) is 11.3. The van der Waals surface area contributed by atoms with Crippen molar-refractivity contribution in [2.24, 2.45) is 11.8 Å². The third-order valence-corrected chi connectivity index (χ3v) is 7.38. The molecule has 210 valence electrons. The highest BCUT2D eigenvalue weighted by atomic mass is 19.1. The third-order valence-electron chi connectivity index (χ3n) is 7.38. The number of anilines is 1. The molecule has 0 saturated carbocycles. The number of ether oxygens (including phenoxy) is 4. The summed E-state index contributed by atoms with van der Waals surface area (Å²) in [4.78, 5) is 22.9. The summed E-state index contributed by atoms with van der Waals surface area (Å²) < 4.78 is 37.4. The number of rotatable bonds is 8. The number of benzene rings is 3. The number of aromatic nitrogens is 2. The average Bonchev–Trinajstić information content (AvgIpc) is 3.57. The topological polar surface area (TPSA) is 109 Å². The van der Waals surface area contributed by atoms with Crippen molar-refractivity contribution in [2.45, 2.75) is 13.0 Å². The molecule has 1 saturated heterocycles. The number of nitrogens with zero attached hydrogens (tertiary/aromatic N) is 3. The first-order valence-corrected chi connectivity index (χ1v) is 13.3. The zero-order valence-electron chi connectivity index (χ0n) is 22.5. The van der Waals surface area contributed by atoms with Crippen molar-refractivity contribution in [3.05, 3.63) is 90.0 Å². The Morgan fingerprint density at radius 1 is 1.07 bits per heavy atom. The smallest absolute Gasteiger partial charge is 0.410 e. The molecule has 2 unspecified atom stereocenters. The van der Waals surface area contributed by atoms with E-state index in [1.165, 1.54) is 24.0 Å². The molecule has 1 aromatic heterocycles. The fourth-order valence-electron chi connectivity index (χ4n) is 5.32. The van der Waals surface area contributed by atoms with Crippen molar-refractivity contribution in [1.29, 1.82) is 0 Å². The SMILES string of the molecule is COc1cc2c(Oc3cccc(N)c3F)ncnc2cc1OCC1C=C2CN(C(=O)OCc3ccccc3)CC2C1. The van der Waals surface area contributed by atoms with Crippen molar-refractivity contribution in [1.82, 2.24) is 14.9 Å². The average molecular weight is 557 g/mol. The molecule has 2 N–H and O–H groups in total. The number of hydrogen-bond donors (Lipinski definition) is 1. The van der Waals surface area contributed by atoms with E-state index < -0.39 is 5.82 Å². The first kappa shape index (κ1) is 26.4. The number of halogens is 1. The van der Waals surface area contributed by atoms with Crippen LogP contribution in [-0.4, -0.2) is 47.8 Å². The van der Waals surface area contributed by atoms with E-state index in [-0.39, 0.29) is 35.9 Å². The number of amides is 1. The Balaban J connectivity index is 1.10. The Hall–Kier alpha value is -4.86. The van der Waals surface area contributed by atoms with Crippen LogP contribution in [0.1, 0.15) is 12.0 Å². The van der Waals surface area contributed by atoms with Crippen LogP contribution in [0.4, 0.5) is 14.9 Å². The van der Waals surface area contributed by atoms with Crippen LogP contribution in [0.25, 0.3) is 10.9 Å². The fraction of sp³-hybridized carbons (Fsp3) is 0.258. The Morgan fingerprint density at radius 3 is 2.73 bits per heavy atom. The van der Waals surface area contributed by atoms with Gasteiger partial charge in [0, 0.05) is 31.0 Å². The third kappa shape index (κ3) is 5.58. The van der Waals surface area contributed by atoms with Crippen LogP contribution < -0.4 is 19.9 Å². The molecule has 10 heteroatoms. The van der Waals surface area contributed by atoms with E-state index in [4.69, 9.17) is 24.7 Å². The number of nitrogen functional groups attached to an aromatic ring is 1. The lowest BCUT2D eigenvalue weighted by atomic mass is 10.0. The quantitative estimate of drug-likeness (QED) is 0.216. The molecule has 1 amide bonds. The van der Waals surface area contributed by atoms with Gasteiger partial charge in [-0.1, -0.05) is 42.5 Å². The molecule has 2 aliphatic rings. The van der Waals surface area contributed by atoms with Crippen molar-refractivity contribution in [3.63, 3.8) is 0 Å². The van der Waals surface area contributed by atoms with Crippen LogP contribution >= 0.6 is 0 Å². The Bertz CT molecular complexity index is 1610. The molecule has 0 spiro atoms. The van der Waals surface area contributed by atoms with Crippen LogP contribution in [0.3, 0.4) is 0 Å². The lowest BCUT2D eigenvalue weighted by Crippen LogP contribution is -2.30. The zero-order chi connectivity index (χ0) is 28.3. The molecular formula is C31H29FN4O5. The molecule has 1 fully saturated rings. The minimum absolute atomic E-state index is 0.0177. The van der Waals surface area contributed by atoms with E-state index in [1.807, 2.05) is 30.3 Å². The molecule has 2 atom stereocenters. The Labute approximate surface area is 236 Å². The van der Waals surface area contributed by atoms with Crippen LogP contribution in [0.15, 0.2) is 78.6 Å². The minimum atomic E-state index is -0.658. The van der Waals surface area contributed by atoms with Crippen LogP contribution in [0.2, 0.25) is 0 Å². The minimum Gasteiger partial charge on any atom is -0.493 e. The molecule has 6 rings (SSSR count). The highest BCUT2D eigenvalue weighted by Crippen LogP contribution is 2.40. The maximum absolute atomic E-state index is 14.4. The monoisotopic (exact) mass is 556 g/mol. The fourth-order valence-corrected chi connectivity index (χ4v) is 5.32. The number of methoxy groups -OCH3 is 1. The number of carbonyl (C=O) groups is 1. The van der Waals surface area contributed by atoms with Gasteiger partial charge in [0.05, 0.1) is 30.3 Å². The van der Waals surface area contributed by atoms with Gasteiger partial charge >= 0.3 is 6.09 Å².